The van der Waals surface area contributed by atoms with E-state index in [1.807, 2.05) is 20.0 Å². The van der Waals surface area contributed by atoms with E-state index in [0.29, 0.717) is 30.6 Å². The molecule has 0 aromatic heterocycles. The zero-order valence-corrected chi connectivity index (χ0v) is 14.2. The van der Waals surface area contributed by atoms with Gasteiger partial charge in [-0.05, 0) is 31.3 Å². The summed E-state index contributed by atoms with van der Waals surface area (Å²) in [5.41, 5.74) is 0.970. The van der Waals surface area contributed by atoms with Crippen LogP contribution in [-0.4, -0.2) is 46.0 Å². The van der Waals surface area contributed by atoms with Crippen LogP contribution in [0.25, 0.3) is 0 Å². The Morgan fingerprint density at radius 1 is 1.29 bits per heavy atom. The van der Waals surface area contributed by atoms with Gasteiger partial charge in [0.25, 0.3) is 0 Å². The first-order valence-electron chi connectivity index (χ1n) is 7.35. The lowest BCUT2D eigenvalue weighted by Crippen LogP contribution is -2.33. The summed E-state index contributed by atoms with van der Waals surface area (Å²) in [6.45, 7) is 8.85. The molecule has 0 amide bonds. The Hall–Kier alpha value is -0.950. The Morgan fingerprint density at radius 2 is 2.00 bits per heavy atom. The van der Waals surface area contributed by atoms with E-state index >= 15 is 0 Å². The molecule has 0 fully saturated rings. The first kappa shape index (κ1) is 18.1. The molecule has 21 heavy (non-hydrogen) atoms. The third-order valence-corrected chi connectivity index (χ3v) is 4.71. The number of likely N-dealkylation sites (N-methyl/N-ethyl adjacent to an activating group) is 1. The normalized spacial score (nSPS) is 12.3. The molecule has 2 N–H and O–H groups in total. The molecule has 1 aromatic rings. The predicted molar refractivity (Wildman–Crippen MR) is 86.8 cm³/mol. The summed E-state index contributed by atoms with van der Waals surface area (Å²) in [4.78, 5) is 2.38. The van der Waals surface area contributed by atoms with Crippen molar-refractivity contribution in [1.82, 2.24) is 14.9 Å². The average Bonchev–Trinajstić information content (AvgIpc) is 2.45. The van der Waals surface area contributed by atoms with E-state index in [9.17, 15) is 8.42 Å². The number of rotatable bonds is 9. The summed E-state index contributed by atoms with van der Waals surface area (Å²) < 4.78 is 27.1. The van der Waals surface area contributed by atoms with Gasteiger partial charge in [0.1, 0.15) is 0 Å². The van der Waals surface area contributed by atoms with Crippen LogP contribution in [0.15, 0.2) is 29.2 Å². The minimum Gasteiger partial charge on any atom is -0.310 e. The maximum Gasteiger partial charge on any atom is 0.240 e. The van der Waals surface area contributed by atoms with Gasteiger partial charge in [0.15, 0.2) is 0 Å². The molecule has 0 aliphatic heterocycles. The second kappa shape index (κ2) is 8.48. The van der Waals surface area contributed by atoms with Gasteiger partial charge in [-0.1, -0.05) is 32.9 Å². The van der Waals surface area contributed by atoms with Crippen molar-refractivity contribution in [2.45, 2.75) is 38.3 Å². The Kier molecular flexibility index (Phi) is 7.31. The van der Waals surface area contributed by atoms with Gasteiger partial charge < -0.3 is 10.2 Å². The van der Waals surface area contributed by atoms with E-state index in [4.69, 9.17) is 0 Å². The van der Waals surface area contributed by atoms with E-state index in [0.717, 1.165) is 12.1 Å². The highest BCUT2D eigenvalue weighted by atomic mass is 32.2. The Morgan fingerprint density at radius 3 is 2.62 bits per heavy atom. The minimum absolute atomic E-state index is 0.324. The SMILES string of the molecule is CCN(C)CCNS(=O)(=O)c1cccc(CNC(C)C)c1. The summed E-state index contributed by atoms with van der Waals surface area (Å²) in [7, 11) is -1.46. The first-order chi connectivity index (χ1) is 9.85. The van der Waals surface area contributed by atoms with Gasteiger partial charge in [-0.15, -0.1) is 0 Å². The Bertz CT molecular complexity index is 529. The molecular formula is C15H27N3O2S. The lowest BCUT2D eigenvalue weighted by molar-refractivity contribution is 0.358. The van der Waals surface area contributed by atoms with Crippen molar-refractivity contribution in [2.75, 3.05) is 26.7 Å². The molecule has 0 aliphatic rings. The van der Waals surface area contributed by atoms with Gasteiger partial charge in [0, 0.05) is 25.7 Å². The quantitative estimate of drug-likeness (QED) is 0.724. The molecule has 0 radical (unpaired) electrons. The molecule has 5 nitrogen and oxygen atoms in total. The van der Waals surface area contributed by atoms with Crippen molar-refractivity contribution in [3.63, 3.8) is 0 Å². The van der Waals surface area contributed by atoms with E-state index < -0.39 is 10.0 Å². The van der Waals surface area contributed by atoms with Gasteiger partial charge in [-0.25, -0.2) is 13.1 Å². The average molecular weight is 313 g/mol. The third kappa shape index (κ3) is 6.56. The van der Waals surface area contributed by atoms with Crippen molar-refractivity contribution in [2.24, 2.45) is 0 Å². The van der Waals surface area contributed by atoms with Gasteiger partial charge in [-0.3, -0.25) is 0 Å². The summed E-state index contributed by atoms with van der Waals surface area (Å²) in [6.07, 6.45) is 0. The highest BCUT2D eigenvalue weighted by Crippen LogP contribution is 2.11. The van der Waals surface area contributed by atoms with Gasteiger partial charge in [-0.2, -0.15) is 0 Å². The Labute approximate surface area is 128 Å². The van der Waals surface area contributed by atoms with Crippen LogP contribution in [0.2, 0.25) is 0 Å². The first-order valence-corrected chi connectivity index (χ1v) is 8.84. The van der Waals surface area contributed by atoms with Crippen LogP contribution in [0.4, 0.5) is 0 Å². The summed E-state index contributed by atoms with van der Waals surface area (Å²) in [6, 6.07) is 7.43. The van der Waals surface area contributed by atoms with E-state index in [1.54, 1.807) is 18.2 Å². The monoisotopic (exact) mass is 313 g/mol. The molecule has 0 bridgehead atoms. The highest BCUT2D eigenvalue weighted by molar-refractivity contribution is 7.89. The number of hydrogen-bond acceptors (Lipinski definition) is 4. The zero-order chi connectivity index (χ0) is 15.9. The fourth-order valence-corrected chi connectivity index (χ4v) is 2.85. The van der Waals surface area contributed by atoms with Crippen molar-refractivity contribution in [3.8, 4) is 0 Å². The maximum atomic E-state index is 12.2. The van der Waals surface area contributed by atoms with Crippen LogP contribution in [0.1, 0.15) is 26.3 Å². The standard InChI is InChI=1S/C15H27N3O2S/c1-5-18(4)10-9-17-21(19,20)15-8-6-7-14(11-15)12-16-13(2)3/h6-8,11,13,16-17H,5,9-10,12H2,1-4H3. The second-order valence-electron chi connectivity index (χ2n) is 5.48. The van der Waals surface area contributed by atoms with Crippen molar-refractivity contribution >= 4 is 10.0 Å². The molecule has 0 saturated heterocycles. The molecule has 0 unspecified atom stereocenters. The number of nitrogens with zero attached hydrogens (tertiary/aromatic N) is 1. The summed E-state index contributed by atoms with van der Waals surface area (Å²) >= 11 is 0. The summed E-state index contributed by atoms with van der Waals surface area (Å²) in [5.74, 6) is 0. The molecule has 1 aromatic carbocycles. The topological polar surface area (TPSA) is 61.4 Å². The molecular weight excluding hydrogens is 286 g/mol. The second-order valence-corrected chi connectivity index (χ2v) is 7.24. The van der Waals surface area contributed by atoms with Crippen LogP contribution in [0.5, 0.6) is 0 Å². The van der Waals surface area contributed by atoms with Gasteiger partial charge in [0.2, 0.25) is 10.0 Å². The summed E-state index contributed by atoms with van der Waals surface area (Å²) in [5, 5.41) is 3.28. The molecule has 120 valence electrons. The Balaban J connectivity index is 2.67. The van der Waals surface area contributed by atoms with Crippen LogP contribution in [0.3, 0.4) is 0 Å². The predicted octanol–water partition coefficient (Wildman–Crippen LogP) is 1.41. The molecule has 0 saturated carbocycles. The maximum absolute atomic E-state index is 12.2. The zero-order valence-electron chi connectivity index (χ0n) is 13.4. The molecule has 0 aliphatic carbocycles. The molecule has 0 spiro atoms. The molecule has 0 heterocycles. The van der Waals surface area contributed by atoms with Crippen LogP contribution >= 0.6 is 0 Å². The number of sulfonamides is 1. The van der Waals surface area contributed by atoms with Crippen LogP contribution in [0, 0.1) is 0 Å². The fraction of sp³-hybridized carbons (Fsp3) is 0.600. The number of nitrogens with one attached hydrogen (secondary N) is 2. The third-order valence-electron chi connectivity index (χ3n) is 3.25. The van der Waals surface area contributed by atoms with Crippen molar-refractivity contribution in [3.05, 3.63) is 29.8 Å². The van der Waals surface area contributed by atoms with E-state index in [1.165, 1.54) is 0 Å². The van der Waals surface area contributed by atoms with Crippen LogP contribution in [-0.2, 0) is 16.6 Å². The number of benzene rings is 1. The highest BCUT2D eigenvalue weighted by Gasteiger charge is 2.14. The number of hydrogen-bond donors (Lipinski definition) is 2. The largest absolute Gasteiger partial charge is 0.310 e. The lowest BCUT2D eigenvalue weighted by atomic mass is 10.2. The van der Waals surface area contributed by atoms with Crippen molar-refractivity contribution < 1.29 is 8.42 Å². The molecule has 1 rings (SSSR count). The fourth-order valence-electron chi connectivity index (χ4n) is 1.76. The molecule has 0 atom stereocenters. The van der Waals surface area contributed by atoms with E-state index in [-0.39, 0.29) is 0 Å². The van der Waals surface area contributed by atoms with E-state index in [2.05, 4.69) is 28.8 Å². The smallest absolute Gasteiger partial charge is 0.240 e. The van der Waals surface area contributed by atoms with Gasteiger partial charge in [0.05, 0.1) is 4.90 Å². The van der Waals surface area contributed by atoms with Crippen molar-refractivity contribution in [1.29, 1.82) is 0 Å². The minimum atomic E-state index is -3.43. The van der Waals surface area contributed by atoms with Gasteiger partial charge >= 0.3 is 0 Å². The lowest BCUT2D eigenvalue weighted by Gasteiger charge is -2.14. The molecule has 6 heteroatoms. The van der Waals surface area contributed by atoms with Crippen LogP contribution < -0.4 is 10.0 Å².